The third kappa shape index (κ3) is 2.13. The first-order valence-electron chi connectivity index (χ1n) is 6.24. The molecule has 0 spiro atoms. The molecule has 0 atom stereocenters. The Balaban J connectivity index is 1.88. The number of aryl methyl sites for hydroxylation is 2. The first-order valence-corrected chi connectivity index (χ1v) is 6.24. The lowest BCUT2D eigenvalue weighted by molar-refractivity contribution is 0.925. The Morgan fingerprint density at radius 3 is 3.05 bits per heavy atom. The molecule has 0 radical (unpaired) electrons. The van der Waals surface area contributed by atoms with Crippen molar-refractivity contribution in [3.63, 3.8) is 0 Å². The van der Waals surface area contributed by atoms with Crippen molar-refractivity contribution >= 4 is 11.5 Å². The normalized spacial score (nSPS) is 10.9. The molecule has 0 aliphatic rings. The molecule has 0 saturated carbocycles. The quantitative estimate of drug-likeness (QED) is 0.742. The van der Waals surface area contributed by atoms with Crippen molar-refractivity contribution in [2.75, 3.05) is 5.32 Å². The van der Waals surface area contributed by atoms with E-state index in [9.17, 15) is 4.79 Å². The molecule has 7 heteroatoms. The number of nitrogens with zero attached hydrogens (tertiary/aromatic N) is 4. The van der Waals surface area contributed by atoms with Crippen LogP contribution in [0.15, 0.2) is 29.2 Å². The average Bonchev–Trinajstić information content (AvgIpc) is 2.80. The van der Waals surface area contributed by atoms with Crippen molar-refractivity contribution in [3.8, 4) is 0 Å². The van der Waals surface area contributed by atoms with E-state index in [0.29, 0.717) is 23.8 Å². The number of anilines is 1. The molecule has 0 unspecified atom stereocenters. The second-order valence-corrected chi connectivity index (χ2v) is 4.53. The summed E-state index contributed by atoms with van der Waals surface area (Å²) in [6.07, 6.45) is 1.76. The summed E-state index contributed by atoms with van der Waals surface area (Å²) < 4.78 is 1.43. The first-order chi connectivity index (χ1) is 9.65. The second-order valence-electron chi connectivity index (χ2n) is 4.53. The van der Waals surface area contributed by atoms with Crippen molar-refractivity contribution < 1.29 is 0 Å². The van der Waals surface area contributed by atoms with E-state index < -0.39 is 0 Å². The van der Waals surface area contributed by atoms with Gasteiger partial charge in [0.2, 0.25) is 0 Å². The number of pyridine rings is 1. The molecular weight excluding hydrogens is 256 g/mol. The van der Waals surface area contributed by atoms with E-state index >= 15 is 0 Å². The van der Waals surface area contributed by atoms with E-state index in [1.807, 2.05) is 19.1 Å². The van der Waals surface area contributed by atoms with E-state index in [1.165, 1.54) is 4.40 Å². The SMILES string of the molecule is Cc1cccnc1CNc1cc2n[nH]c(=O)n2c(C)n1. The van der Waals surface area contributed by atoms with E-state index in [4.69, 9.17) is 0 Å². The van der Waals surface area contributed by atoms with Gasteiger partial charge in [0.15, 0.2) is 5.65 Å². The molecule has 2 N–H and O–H groups in total. The second kappa shape index (κ2) is 4.76. The van der Waals surface area contributed by atoms with Gasteiger partial charge in [-0.15, -0.1) is 0 Å². The fourth-order valence-electron chi connectivity index (χ4n) is 2.07. The molecule has 3 aromatic heterocycles. The summed E-state index contributed by atoms with van der Waals surface area (Å²) in [6.45, 7) is 4.35. The summed E-state index contributed by atoms with van der Waals surface area (Å²) in [5.74, 6) is 1.25. The zero-order valence-electron chi connectivity index (χ0n) is 11.2. The van der Waals surface area contributed by atoms with E-state index in [2.05, 4.69) is 25.5 Å². The molecule has 3 rings (SSSR count). The third-order valence-corrected chi connectivity index (χ3v) is 3.12. The zero-order valence-corrected chi connectivity index (χ0v) is 11.2. The molecule has 0 bridgehead atoms. The van der Waals surface area contributed by atoms with Gasteiger partial charge < -0.3 is 5.32 Å². The lowest BCUT2D eigenvalue weighted by Gasteiger charge is -2.08. The Kier molecular flexibility index (Phi) is 2.94. The van der Waals surface area contributed by atoms with Crippen molar-refractivity contribution in [1.29, 1.82) is 0 Å². The minimum absolute atomic E-state index is 0.280. The van der Waals surface area contributed by atoms with Gasteiger partial charge in [0.25, 0.3) is 0 Å². The van der Waals surface area contributed by atoms with Gasteiger partial charge in [-0.1, -0.05) is 6.07 Å². The van der Waals surface area contributed by atoms with Gasteiger partial charge in [-0.2, -0.15) is 5.10 Å². The highest BCUT2D eigenvalue weighted by Crippen LogP contribution is 2.10. The zero-order chi connectivity index (χ0) is 14.1. The standard InChI is InChI=1S/C13H14N6O/c1-8-4-3-5-14-10(8)7-15-11-6-12-17-18-13(20)19(12)9(2)16-11/h3-6,15H,7H2,1-2H3,(H,18,20). The molecule has 3 heterocycles. The lowest BCUT2D eigenvalue weighted by Crippen LogP contribution is -2.14. The fourth-order valence-corrected chi connectivity index (χ4v) is 2.07. The fraction of sp³-hybridized carbons (Fsp3) is 0.231. The molecule has 20 heavy (non-hydrogen) atoms. The van der Waals surface area contributed by atoms with Gasteiger partial charge in [0.1, 0.15) is 11.6 Å². The number of rotatable bonds is 3. The van der Waals surface area contributed by atoms with Crippen LogP contribution >= 0.6 is 0 Å². The van der Waals surface area contributed by atoms with Crippen LogP contribution in [-0.4, -0.2) is 24.6 Å². The number of nitrogens with one attached hydrogen (secondary N) is 2. The predicted molar refractivity (Wildman–Crippen MR) is 74.6 cm³/mol. The van der Waals surface area contributed by atoms with Gasteiger partial charge in [0.05, 0.1) is 12.2 Å². The number of H-pyrrole nitrogens is 1. The lowest BCUT2D eigenvalue weighted by atomic mass is 10.2. The van der Waals surface area contributed by atoms with Crippen LogP contribution in [0.25, 0.3) is 5.65 Å². The maximum Gasteiger partial charge on any atom is 0.349 e. The maximum absolute atomic E-state index is 11.5. The Bertz CT molecular complexity index is 819. The summed E-state index contributed by atoms with van der Waals surface area (Å²) >= 11 is 0. The highest BCUT2D eigenvalue weighted by atomic mass is 16.1. The number of aromatic amines is 1. The molecule has 0 fully saturated rings. The molecule has 0 amide bonds. The van der Waals surface area contributed by atoms with Crippen molar-refractivity contribution in [2.45, 2.75) is 20.4 Å². The highest BCUT2D eigenvalue weighted by molar-refractivity contribution is 5.49. The predicted octanol–water partition coefficient (Wildman–Crippen LogP) is 1.04. The summed E-state index contributed by atoms with van der Waals surface area (Å²) in [5, 5.41) is 9.55. The Hall–Kier alpha value is -2.70. The molecule has 7 nitrogen and oxygen atoms in total. The van der Waals surface area contributed by atoms with Gasteiger partial charge in [-0.25, -0.2) is 19.3 Å². The van der Waals surface area contributed by atoms with Crippen LogP contribution in [0.4, 0.5) is 5.82 Å². The van der Waals surface area contributed by atoms with Crippen LogP contribution in [0.1, 0.15) is 17.1 Å². The molecule has 0 aromatic carbocycles. The van der Waals surface area contributed by atoms with Crippen LogP contribution in [0, 0.1) is 13.8 Å². The number of fused-ring (bicyclic) bond motifs is 1. The van der Waals surface area contributed by atoms with Gasteiger partial charge >= 0.3 is 5.69 Å². The average molecular weight is 270 g/mol. The van der Waals surface area contributed by atoms with Gasteiger partial charge in [-0.3, -0.25) is 4.98 Å². The maximum atomic E-state index is 11.5. The number of hydrogen-bond acceptors (Lipinski definition) is 5. The minimum atomic E-state index is -0.280. The van der Waals surface area contributed by atoms with Crippen molar-refractivity contribution in [2.24, 2.45) is 0 Å². The van der Waals surface area contributed by atoms with E-state index in [1.54, 1.807) is 19.2 Å². The summed E-state index contributed by atoms with van der Waals surface area (Å²) in [5.41, 5.74) is 2.35. The highest BCUT2D eigenvalue weighted by Gasteiger charge is 2.07. The molecule has 0 aliphatic carbocycles. The van der Waals surface area contributed by atoms with Crippen molar-refractivity contribution in [1.82, 2.24) is 24.6 Å². The molecule has 3 aromatic rings. The van der Waals surface area contributed by atoms with Gasteiger partial charge in [-0.05, 0) is 25.5 Å². The van der Waals surface area contributed by atoms with E-state index in [0.717, 1.165) is 11.3 Å². The van der Waals surface area contributed by atoms with Crippen molar-refractivity contribution in [3.05, 3.63) is 52.0 Å². The molecule has 102 valence electrons. The number of hydrogen-bond donors (Lipinski definition) is 2. The minimum Gasteiger partial charge on any atom is -0.364 e. The smallest absolute Gasteiger partial charge is 0.349 e. The molecule has 0 aliphatic heterocycles. The monoisotopic (exact) mass is 270 g/mol. The topological polar surface area (TPSA) is 88.0 Å². The Labute approximate surface area is 114 Å². The molecular formula is C13H14N6O. The van der Waals surface area contributed by atoms with Crippen LogP contribution in [0.3, 0.4) is 0 Å². The largest absolute Gasteiger partial charge is 0.364 e. The molecule has 0 saturated heterocycles. The first kappa shape index (κ1) is 12.3. The van der Waals surface area contributed by atoms with Crippen LogP contribution in [0.5, 0.6) is 0 Å². The number of aromatic nitrogens is 5. The summed E-state index contributed by atoms with van der Waals surface area (Å²) in [7, 11) is 0. The third-order valence-electron chi connectivity index (χ3n) is 3.12. The Morgan fingerprint density at radius 2 is 2.25 bits per heavy atom. The van der Waals surface area contributed by atoms with E-state index in [-0.39, 0.29) is 5.69 Å². The van der Waals surface area contributed by atoms with Crippen LogP contribution in [0.2, 0.25) is 0 Å². The van der Waals surface area contributed by atoms with Gasteiger partial charge in [0, 0.05) is 12.3 Å². The summed E-state index contributed by atoms with van der Waals surface area (Å²) in [6, 6.07) is 5.64. The van der Waals surface area contributed by atoms with Crippen LogP contribution < -0.4 is 11.0 Å². The van der Waals surface area contributed by atoms with Crippen LogP contribution in [-0.2, 0) is 6.54 Å². The Morgan fingerprint density at radius 1 is 1.40 bits per heavy atom. The summed E-state index contributed by atoms with van der Waals surface area (Å²) in [4.78, 5) is 20.2.